The van der Waals surface area contributed by atoms with Crippen LogP contribution in [-0.4, -0.2) is 27.2 Å². The van der Waals surface area contributed by atoms with Crippen LogP contribution < -0.4 is 16.8 Å². The van der Waals surface area contributed by atoms with Crippen LogP contribution in [0.25, 0.3) is 16.6 Å². The molecule has 27 heavy (non-hydrogen) atoms. The summed E-state index contributed by atoms with van der Waals surface area (Å²) in [6, 6.07) is 9.02. The van der Waals surface area contributed by atoms with Crippen molar-refractivity contribution in [2.45, 2.75) is 37.9 Å². The van der Waals surface area contributed by atoms with Crippen molar-refractivity contribution in [1.82, 2.24) is 9.61 Å². The summed E-state index contributed by atoms with van der Waals surface area (Å²) in [5.41, 5.74) is 14.1. The number of nitrogens with one attached hydrogen (secondary N) is 1. The summed E-state index contributed by atoms with van der Waals surface area (Å²) in [6.07, 6.45) is 5.23. The van der Waals surface area contributed by atoms with Crippen molar-refractivity contribution >= 4 is 22.8 Å². The third-order valence-corrected chi connectivity index (χ3v) is 5.38. The van der Waals surface area contributed by atoms with Crippen molar-refractivity contribution in [2.75, 3.05) is 11.1 Å². The first-order chi connectivity index (χ1) is 12.9. The number of carbonyl (C=O) groups is 1. The van der Waals surface area contributed by atoms with E-state index in [9.17, 15) is 9.18 Å². The van der Waals surface area contributed by atoms with E-state index >= 15 is 0 Å². The zero-order valence-electron chi connectivity index (χ0n) is 15.1. The van der Waals surface area contributed by atoms with Gasteiger partial charge >= 0.3 is 0 Å². The van der Waals surface area contributed by atoms with Crippen LogP contribution in [0.15, 0.2) is 42.7 Å². The van der Waals surface area contributed by atoms with Crippen molar-refractivity contribution in [3.63, 3.8) is 0 Å². The van der Waals surface area contributed by atoms with Crippen LogP contribution in [0.4, 0.5) is 15.8 Å². The van der Waals surface area contributed by atoms with Crippen LogP contribution in [0.1, 0.15) is 36.5 Å². The average Bonchev–Trinajstić information content (AvgIpc) is 3.18. The highest BCUT2D eigenvalue weighted by Gasteiger charge is 2.39. The lowest BCUT2D eigenvalue weighted by Crippen LogP contribution is -2.36. The predicted octanol–water partition coefficient (Wildman–Crippen LogP) is 3.38. The number of halogens is 1. The number of amides is 1. The van der Waals surface area contributed by atoms with E-state index in [1.807, 2.05) is 36.5 Å². The van der Waals surface area contributed by atoms with Crippen molar-refractivity contribution in [1.29, 1.82) is 0 Å². The van der Waals surface area contributed by atoms with Crippen LogP contribution in [0.2, 0.25) is 0 Å². The Bertz CT molecular complexity index is 1030. The number of nitrogens with zero attached hydrogens (tertiary/aromatic N) is 2. The Balaban J connectivity index is 1.86. The van der Waals surface area contributed by atoms with E-state index in [-0.39, 0.29) is 11.6 Å². The van der Waals surface area contributed by atoms with Gasteiger partial charge in [-0.05, 0) is 38.3 Å². The molecule has 3 aromatic rings. The summed E-state index contributed by atoms with van der Waals surface area (Å²) < 4.78 is 16.5. The standard InChI is InChI=1S/C20H22FN5O/c1-20(21)8-4-7-17(20)25-18-14(19(23)27)10-24-26-11-12(9-16(18)26)13-5-2-3-6-15(13)22/h2-3,5-6,9-11,17,25H,4,7-8,22H2,1H3,(H2,23,27). The third kappa shape index (κ3) is 2.99. The summed E-state index contributed by atoms with van der Waals surface area (Å²) >= 11 is 0. The average molecular weight is 367 g/mol. The molecule has 2 aromatic heterocycles. The normalized spacial score (nSPS) is 22.2. The number of benzene rings is 1. The number of nitrogen functional groups attached to an aromatic ring is 1. The lowest BCUT2D eigenvalue weighted by Gasteiger charge is -2.26. The summed E-state index contributed by atoms with van der Waals surface area (Å²) in [4.78, 5) is 12.0. The number of alkyl halides is 1. The first kappa shape index (κ1) is 17.3. The SMILES string of the molecule is CC1(F)CCCC1Nc1c(C(N)=O)cnn2cc(-c3ccccc3N)cc12. The van der Waals surface area contributed by atoms with Crippen molar-refractivity contribution in [2.24, 2.45) is 5.73 Å². The van der Waals surface area contributed by atoms with Gasteiger partial charge in [-0.1, -0.05) is 18.2 Å². The van der Waals surface area contributed by atoms with Gasteiger partial charge in [0.25, 0.3) is 5.91 Å². The van der Waals surface area contributed by atoms with Gasteiger partial charge < -0.3 is 16.8 Å². The van der Waals surface area contributed by atoms with E-state index in [0.29, 0.717) is 29.7 Å². The van der Waals surface area contributed by atoms with Crippen LogP contribution in [0.3, 0.4) is 0 Å². The molecule has 2 unspecified atom stereocenters. The van der Waals surface area contributed by atoms with Gasteiger partial charge in [-0.25, -0.2) is 8.91 Å². The first-order valence-electron chi connectivity index (χ1n) is 8.98. The van der Waals surface area contributed by atoms with E-state index in [2.05, 4.69) is 10.4 Å². The molecule has 1 aliphatic carbocycles. The van der Waals surface area contributed by atoms with Crippen LogP contribution in [-0.2, 0) is 0 Å². The van der Waals surface area contributed by atoms with Gasteiger partial charge in [0, 0.05) is 23.0 Å². The fraction of sp³-hybridized carbons (Fsp3) is 0.300. The highest BCUT2D eigenvalue weighted by molar-refractivity contribution is 6.02. The number of aromatic nitrogens is 2. The number of fused-ring (bicyclic) bond motifs is 1. The third-order valence-electron chi connectivity index (χ3n) is 5.38. The van der Waals surface area contributed by atoms with E-state index < -0.39 is 11.6 Å². The van der Waals surface area contributed by atoms with Crippen molar-refractivity contribution in [3.8, 4) is 11.1 Å². The molecule has 4 rings (SSSR count). The van der Waals surface area contributed by atoms with Crippen molar-refractivity contribution < 1.29 is 9.18 Å². The highest BCUT2D eigenvalue weighted by atomic mass is 19.1. The molecule has 1 fully saturated rings. The van der Waals surface area contributed by atoms with Crippen LogP contribution >= 0.6 is 0 Å². The molecule has 2 heterocycles. The number of hydrogen-bond acceptors (Lipinski definition) is 4. The summed E-state index contributed by atoms with van der Waals surface area (Å²) in [5, 5.41) is 7.53. The number of hydrogen-bond donors (Lipinski definition) is 3. The summed E-state index contributed by atoms with van der Waals surface area (Å²) in [5.74, 6) is -0.604. The molecular formula is C20H22FN5O. The molecule has 1 saturated carbocycles. The molecule has 0 aliphatic heterocycles. The molecule has 1 aromatic carbocycles. The second-order valence-corrected chi connectivity index (χ2v) is 7.31. The highest BCUT2D eigenvalue weighted by Crippen LogP contribution is 2.38. The van der Waals surface area contributed by atoms with Gasteiger partial charge in [0.15, 0.2) is 0 Å². The largest absolute Gasteiger partial charge is 0.398 e. The van der Waals surface area contributed by atoms with Crippen LogP contribution in [0, 0.1) is 0 Å². The number of para-hydroxylation sites is 1. The fourth-order valence-corrected chi connectivity index (χ4v) is 3.83. The molecular weight excluding hydrogens is 345 g/mol. The number of anilines is 2. The minimum Gasteiger partial charge on any atom is -0.398 e. The Kier molecular flexibility index (Phi) is 4.02. The quantitative estimate of drug-likeness (QED) is 0.616. The topological polar surface area (TPSA) is 98.4 Å². The van der Waals surface area contributed by atoms with E-state index in [0.717, 1.165) is 17.5 Å². The molecule has 2 atom stereocenters. The summed E-state index contributed by atoms with van der Waals surface area (Å²) in [7, 11) is 0. The van der Waals surface area contributed by atoms with Gasteiger partial charge in [0.05, 0.1) is 29.0 Å². The maximum absolute atomic E-state index is 14.8. The Hall–Kier alpha value is -3.09. The lowest BCUT2D eigenvalue weighted by molar-refractivity contribution is 0.1000. The Morgan fingerprint density at radius 3 is 2.85 bits per heavy atom. The second-order valence-electron chi connectivity index (χ2n) is 7.31. The Morgan fingerprint density at radius 1 is 1.41 bits per heavy atom. The maximum atomic E-state index is 14.8. The minimum atomic E-state index is -1.34. The van der Waals surface area contributed by atoms with Crippen LogP contribution in [0.5, 0.6) is 0 Å². The number of nitrogens with two attached hydrogens (primary N) is 2. The van der Waals surface area contributed by atoms with E-state index in [1.165, 1.54) is 6.20 Å². The zero-order valence-corrected chi connectivity index (χ0v) is 15.1. The van der Waals surface area contributed by atoms with Gasteiger partial charge in [-0.3, -0.25) is 4.79 Å². The molecule has 5 N–H and O–H groups in total. The van der Waals surface area contributed by atoms with E-state index in [1.54, 1.807) is 11.4 Å². The van der Waals surface area contributed by atoms with Gasteiger partial charge in [0.1, 0.15) is 5.67 Å². The number of primary amides is 1. The number of rotatable bonds is 4. The lowest BCUT2D eigenvalue weighted by atomic mass is 10.0. The Labute approximate surface area is 156 Å². The summed E-state index contributed by atoms with van der Waals surface area (Å²) in [6.45, 7) is 1.59. The van der Waals surface area contributed by atoms with Gasteiger partial charge in [-0.2, -0.15) is 5.10 Å². The van der Waals surface area contributed by atoms with Gasteiger partial charge in [0.2, 0.25) is 0 Å². The predicted molar refractivity (Wildman–Crippen MR) is 104 cm³/mol. The first-order valence-corrected chi connectivity index (χ1v) is 8.98. The Morgan fingerprint density at radius 2 is 2.19 bits per heavy atom. The molecule has 0 saturated heterocycles. The molecule has 0 bridgehead atoms. The monoisotopic (exact) mass is 367 g/mol. The smallest absolute Gasteiger partial charge is 0.252 e. The second kappa shape index (κ2) is 6.26. The molecule has 0 radical (unpaired) electrons. The fourth-order valence-electron chi connectivity index (χ4n) is 3.83. The molecule has 1 aliphatic rings. The van der Waals surface area contributed by atoms with Gasteiger partial charge in [-0.15, -0.1) is 0 Å². The molecule has 1 amide bonds. The van der Waals surface area contributed by atoms with E-state index in [4.69, 9.17) is 11.5 Å². The van der Waals surface area contributed by atoms with Crippen molar-refractivity contribution in [3.05, 3.63) is 48.3 Å². The number of carbonyl (C=O) groups excluding carboxylic acids is 1. The molecule has 140 valence electrons. The zero-order chi connectivity index (χ0) is 19.2. The molecule has 6 nitrogen and oxygen atoms in total. The molecule has 0 spiro atoms. The maximum Gasteiger partial charge on any atom is 0.252 e. The minimum absolute atomic E-state index is 0.246. The molecule has 7 heteroatoms.